The van der Waals surface area contributed by atoms with Crippen LogP contribution in [0.15, 0.2) is 0 Å². The Labute approximate surface area is 70.1 Å². The van der Waals surface area contributed by atoms with Gasteiger partial charge in [0.05, 0.1) is 0 Å². The van der Waals surface area contributed by atoms with Crippen molar-refractivity contribution >= 4 is 0 Å². The molecule has 72 valence electrons. The molecule has 1 aliphatic rings. The minimum Gasteiger partial charge on any atom is -0.330 e. The first-order valence-corrected chi connectivity index (χ1v) is 4.24. The lowest BCUT2D eigenvalue weighted by molar-refractivity contribution is -0.170. The third kappa shape index (κ3) is 2.37. The second-order valence-electron chi connectivity index (χ2n) is 3.68. The standard InChI is InChI=1S/C8H14F3N/c9-8(10,11)6-7(4-5-12)2-1-3-7/h1-6,12H2. The third-order valence-electron chi connectivity index (χ3n) is 2.66. The van der Waals surface area contributed by atoms with Gasteiger partial charge in [0, 0.05) is 6.42 Å². The van der Waals surface area contributed by atoms with Gasteiger partial charge in [-0.15, -0.1) is 0 Å². The summed E-state index contributed by atoms with van der Waals surface area (Å²) in [5.74, 6) is 0. The van der Waals surface area contributed by atoms with E-state index in [9.17, 15) is 13.2 Å². The summed E-state index contributed by atoms with van der Waals surface area (Å²) in [5.41, 5.74) is 4.78. The van der Waals surface area contributed by atoms with Gasteiger partial charge < -0.3 is 5.73 Å². The van der Waals surface area contributed by atoms with Crippen molar-refractivity contribution in [3.8, 4) is 0 Å². The largest absolute Gasteiger partial charge is 0.389 e. The summed E-state index contributed by atoms with van der Waals surface area (Å²) in [4.78, 5) is 0. The molecule has 1 fully saturated rings. The molecular formula is C8H14F3N. The van der Waals surface area contributed by atoms with E-state index < -0.39 is 18.0 Å². The number of nitrogens with two attached hydrogens (primary N) is 1. The average Bonchev–Trinajstić information content (AvgIpc) is 1.80. The molecule has 1 nitrogen and oxygen atoms in total. The van der Waals surface area contributed by atoms with Crippen LogP contribution in [0.4, 0.5) is 13.2 Å². The summed E-state index contributed by atoms with van der Waals surface area (Å²) in [6.07, 6.45) is -1.82. The Kier molecular flexibility index (Phi) is 2.66. The molecule has 4 heteroatoms. The van der Waals surface area contributed by atoms with E-state index in [4.69, 9.17) is 5.73 Å². The summed E-state index contributed by atoms with van der Waals surface area (Å²) in [7, 11) is 0. The van der Waals surface area contributed by atoms with E-state index in [2.05, 4.69) is 0 Å². The van der Waals surface area contributed by atoms with Gasteiger partial charge in [-0.2, -0.15) is 13.2 Å². The number of halogens is 3. The van der Waals surface area contributed by atoms with Crippen molar-refractivity contribution in [2.45, 2.75) is 38.3 Å². The van der Waals surface area contributed by atoms with Crippen molar-refractivity contribution in [2.75, 3.05) is 6.54 Å². The fourth-order valence-electron chi connectivity index (χ4n) is 1.92. The van der Waals surface area contributed by atoms with Crippen LogP contribution in [0.25, 0.3) is 0 Å². The van der Waals surface area contributed by atoms with Crippen molar-refractivity contribution in [1.29, 1.82) is 0 Å². The van der Waals surface area contributed by atoms with Crippen LogP contribution in [0.5, 0.6) is 0 Å². The lowest BCUT2D eigenvalue weighted by Crippen LogP contribution is -2.36. The molecule has 12 heavy (non-hydrogen) atoms. The van der Waals surface area contributed by atoms with Gasteiger partial charge in [0.2, 0.25) is 0 Å². The van der Waals surface area contributed by atoms with E-state index in [1.807, 2.05) is 0 Å². The SMILES string of the molecule is NCCC1(CC(F)(F)F)CCC1. The molecule has 0 aromatic rings. The van der Waals surface area contributed by atoms with E-state index in [0.717, 1.165) is 6.42 Å². The van der Waals surface area contributed by atoms with Gasteiger partial charge in [-0.1, -0.05) is 6.42 Å². The molecular weight excluding hydrogens is 167 g/mol. The summed E-state index contributed by atoms with van der Waals surface area (Å²) < 4.78 is 36.2. The molecule has 0 spiro atoms. The molecule has 0 bridgehead atoms. The average molecular weight is 181 g/mol. The zero-order valence-electron chi connectivity index (χ0n) is 6.95. The quantitative estimate of drug-likeness (QED) is 0.711. The first-order chi connectivity index (χ1) is 5.47. The molecule has 0 atom stereocenters. The minimum absolute atomic E-state index is 0.371. The predicted molar refractivity (Wildman–Crippen MR) is 40.6 cm³/mol. The Hall–Kier alpha value is -0.250. The monoisotopic (exact) mass is 181 g/mol. The van der Waals surface area contributed by atoms with Crippen LogP contribution in [0, 0.1) is 5.41 Å². The fourth-order valence-corrected chi connectivity index (χ4v) is 1.92. The van der Waals surface area contributed by atoms with Crippen LogP contribution in [-0.2, 0) is 0 Å². The van der Waals surface area contributed by atoms with Crippen molar-refractivity contribution in [2.24, 2.45) is 11.1 Å². The van der Waals surface area contributed by atoms with E-state index in [-0.39, 0.29) is 0 Å². The summed E-state index contributed by atoms with van der Waals surface area (Å²) in [6.45, 7) is 0.371. The van der Waals surface area contributed by atoms with Gasteiger partial charge in [-0.25, -0.2) is 0 Å². The molecule has 1 saturated carbocycles. The Morgan fingerprint density at radius 2 is 1.83 bits per heavy atom. The smallest absolute Gasteiger partial charge is 0.330 e. The molecule has 0 heterocycles. The van der Waals surface area contributed by atoms with E-state index in [1.165, 1.54) is 0 Å². The lowest BCUT2D eigenvalue weighted by Gasteiger charge is -2.42. The van der Waals surface area contributed by atoms with E-state index in [0.29, 0.717) is 25.8 Å². The first kappa shape index (κ1) is 9.84. The summed E-state index contributed by atoms with van der Waals surface area (Å²) >= 11 is 0. The molecule has 0 aromatic carbocycles. The number of rotatable bonds is 3. The molecule has 0 aliphatic heterocycles. The molecule has 0 unspecified atom stereocenters. The van der Waals surface area contributed by atoms with Gasteiger partial charge in [-0.3, -0.25) is 0 Å². The van der Waals surface area contributed by atoms with Gasteiger partial charge in [0.1, 0.15) is 0 Å². The molecule has 0 aromatic heterocycles. The predicted octanol–water partition coefficient (Wildman–Crippen LogP) is 2.46. The normalized spacial score (nSPS) is 22.0. The topological polar surface area (TPSA) is 26.0 Å². The van der Waals surface area contributed by atoms with Gasteiger partial charge >= 0.3 is 6.18 Å². The number of hydrogen-bond donors (Lipinski definition) is 1. The van der Waals surface area contributed by atoms with Gasteiger partial charge in [0.25, 0.3) is 0 Å². The van der Waals surface area contributed by atoms with Crippen LogP contribution in [0.1, 0.15) is 32.1 Å². The Balaban J connectivity index is 2.45. The van der Waals surface area contributed by atoms with E-state index >= 15 is 0 Å². The van der Waals surface area contributed by atoms with Gasteiger partial charge in [0.15, 0.2) is 0 Å². The highest BCUT2D eigenvalue weighted by Crippen LogP contribution is 2.50. The van der Waals surface area contributed by atoms with Crippen LogP contribution >= 0.6 is 0 Å². The first-order valence-electron chi connectivity index (χ1n) is 4.24. The van der Waals surface area contributed by atoms with Crippen LogP contribution in [0.2, 0.25) is 0 Å². The highest BCUT2D eigenvalue weighted by molar-refractivity contribution is 4.89. The second-order valence-corrected chi connectivity index (χ2v) is 3.68. The minimum atomic E-state index is -4.02. The fraction of sp³-hybridized carbons (Fsp3) is 1.00. The van der Waals surface area contributed by atoms with Crippen molar-refractivity contribution in [3.63, 3.8) is 0 Å². The van der Waals surface area contributed by atoms with E-state index in [1.54, 1.807) is 0 Å². The Morgan fingerprint density at radius 3 is 2.08 bits per heavy atom. The van der Waals surface area contributed by atoms with Gasteiger partial charge in [-0.05, 0) is 31.2 Å². The Bertz CT molecular complexity index is 149. The highest BCUT2D eigenvalue weighted by atomic mass is 19.4. The maximum Gasteiger partial charge on any atom is 0.389 e. The Morgan fingerprint density at radius 1 is 1.25 bits per heavy atom. The number of hydrogen-bond acceptors (Lipinski definition) is 1. The van der Waals surface area contributed by atoms with Crippen molar-refractivity contribution in [3.05, 3.63) is 0 Å². The number of alkyl halides is 3. The lowest BCUT2D eigenvalue weighted by atomic mass is 9.64. The summed E-state index contributed by atoms with van der Waals surface area (Å²) in [5, 5.41) is 0. The molecule has 0 saturated heterocycles. The second kappa shape index (κ2) is 3.24. The van der Waals surface area contributed by atoms with Crippen molar-refractivity contribution < 1.29 is 13.2 Å². The van der Waals surface area contributed by atoms with Crippen LogP contribution in [0.3, 0.4) is 0 Å². The molecule has 1 aliphatic carbocycles. The highest BCUT2D eigenvalue weighted by Gasteiger charge is 2.45. The third-order valence-corrected chi connectivity index (χ3v) is 2.66. The maximum absolute atomic E-state index is 12.1. The molecule has 0 radical (unpaired) electrons. The molecule has 1 rings (SSSR count). The zero-order valence-corrected chi connectivity index (χ0v) is 6.95. The molecule has 2 N–H and O–H groups in total. The maximum atomic E-state index is 12.1. The summed E-state index contributed by atoms with van der Waals surface area (Å²) in [6, 6.07) is 0. The van der Waals surface area contributed by atoms with Crippen LogP contribution < -0.4 is 5.73 Å². The van der Waals surface area contributed by atoms with Crippen molar-refractivity contribution in [1.82, 2.24) is 0 Å². The molecule has 0 amide bonds. The zero-order chi connectivity index (χ0) is 9.24. The van der Waals surface area contributed by atoms with Crippen LogP contribution in [-0.4, -0.2) is 12.7 Å².